The number of carbonyl (C=O) groups is 4. The van der Waals surface area contributed by atoms with Crippen LogP contribution < -0.4 is 0 Å². The maximum Gasteiger partial charge on any atom is 0.331 e. The van der Waals surface area contributed by atoms with Crippen LogP contribution in [-0.2, 0) is 28.7 Å². The molecule has 1 aromatic rings. The third-order valence-electron chi connectivity index (χ3n) is 2.35. The van der Waals surface area contributed by atoms with Crippen LogP contribution in [0, 0.1) is 0 Å². The molecular formula is C16H14O6. The molecule has 0 unspecified atom stereocenters. The van der Waals surface area contributed by atoms with Gasteiger partial charge in [-0.1, -0.05) is 24.3 Å². The summed E-state index contributed by atoms with van der Waals surface area (Å²) in [5.41, 5.74) is 1.51. The van der Waals surface area contributed by atoms with E-state index >= 15 is 0 Å². The average Bonchev–Trinajstić information content (AvgIpc) is 2.55. The minimum atomic E-state index is -0.603. The quantitative estimate of drug-likeness (QED) is 0.407. The van der Waals surface area contributed by atoms with Crippen molar-refractivity contribution >= 4 is 36.7 Å². The number of rotatable bonds is 8. The Morgan fingerprint density at radius 2 is 1.14 bits per heavy atom. The van der Waals surface area contributed by atoms with Crippen LogP contribution in [0.3, 0.4) is 0 Å². The molecule has 0 aliphatic heterocycles. The fraction of sp³-hybridized carbons (Fsp3) is 0.125. The Kier molecular flexibility index (Phi) is 7.60. The van der Waals surface area contributed by atoms with Crippen molar-refractivity contribution in [3.8, 4) is 0 Å². The van der Waals surface area contributed by atoms with Gasteiger partial charge in [0.1, 0.15) is 13.2 Å². The number of ether oxygens (including phenoxy) is 2. The Hall–Kier alpha value is -3.02. The Balaban J connectivity index is 2.55. The van der Waals surface area contributed by atoms with Gasteiger partial charge in [-0.15, -0.1) is 0 Å². The van der Waals surface area contributed by atoms with Gasteiger partial charge in [-0.3, -0.25) is 9.59 Å². The first-order valence-electron chi connectivity index (χ1n) is 6.32. The summed E-state index contributed by atoms with van der Waals surface area (Å²) in [5.74, 6) is -1.21. The van der Waals surface area contributed by atoms with E-state index in [1.807, 2.05) is 0 Å². The van der Waals surface area contributed by atoms with E-state index in [0.717, 1.165) is 11.1 Å². The Morgan fingerprint density at radius 1 is 0.773 bits per heavy atom. The summed E-state index contributed by atoms with van der Waals surface area (Å²) in [4.78, 5) is 42.4. The average molecular weight is 302 g/mol. The highest BCUT2D eigenvalue weighted by Crippen LogP contribution is 2.08. The van der Waals surface area contributed by atoms with E-state index in [2.05, 4.69) is 9.47 Å². The van der Waals surface area contributed by atoms with Gasteiger partial charge in [0.2, 0.25) is 0 Å². The zero-order valence-electron chi connectivity index (χ0n) is 11.6. The Labute approximate surface area is 127 Å². The summed E-state index contributed by atoms with van der Waals surface area (Å²) in [5, 5.41) is 0. The smallest absolute Gasteiger partial charge is 0.331 e. The molecule has 6 heteroatoms. The summed E-state index contributed by atoms with van der Waals surface area (Å²) < 4.78 is 9.11. The number of hydrogen-bond donors (Lipinski definition) is 0. The minimum absolute atomic E-state index is 0.271. The Morgan fingerprint density at radius 3 is 1.45 bits per heavy atom. The van der Waals surface area contributed by atoms with E-state index in [0.29, 0.717) is 12.6 Å². The summed E-state index contributed by atoms with van der Waals surface area (Å²) in [7, 11) is 0. The SMILES string of the molecule is O=CCOC(=O)C=Cc1ccc(C=CC(=O)OCC=O)cc1. The molecule has 6 nitrogen and oxygen atoms in total. The number of carbonyl (C=O) groups excluding carboxylic acids is 4. The molecular weight excluding hydrogens is 288 g/mol. The van der Waals surface area contributed by atoms with Crippen LogP contribution in [0.1, 0.15) is 11.1 Å². The van der Waals surface area contributed by atoms with E-state index in [-0.39, 0.29) is 13.2 Å². The predicted molar refractivity (Wildman–Crippen MR) is 78.6 cm³/mol. The highest BCUT2D eigenvalue weighted by molar-refractivity contribution is 5.88. The first kappa shape index (κ1) is 17.0. The van der Waals surface area contributed by atoms with Crippen molar-refractivity contribution in [1.82, 2.24) is 0 Å². The number of aldehydes is 2. The van der Waals surface area contributed by atoms with Crippen LogP contribution in [0.15, 0.2) is 36.4 Å². The monoisotopic (exact) mass is 302 g/mol. The second-order valence-corrected chi connectivity index (χ2v) is 3.93. The molecule has 0 saturated heterocycles. The lowest BCUT2D eigenvalue weighted by molar-refractivity contribution is -0.140. The van der Waals surface area contributed by atoms with E-state index < -0.39 is 11.9 Å². The number of hydrogen-bond acceptors (Lipinski definition) is 6. The van der Waals surface area contributed by atoms with Crippen molar-refractivity contribution < 1.29 is 28.7 Å². The highest BCUT2D eigenvalue weighted by atomic mass is 16.5. The molecule has 0 bridgehead atoms. The molecule has 0 aliphatic carbocycles. The molecule has 114 valence electrons. The van der Waals surface area contributed by atoms with Crippen LogP contribution in [-0.4, -0.2) is 37.7 Å². The molecule has 1 aromatic carbocycles. The molecule has 1 rings (SSSR count). The van der Waals surface area contributed by atoms with E-state index in [9.17, 15) is 19.2 Å². The van der Waals surface area contributed by atoms with E-state index in [1.54, 1.807) is 36.4 Å². The highest BCUT2D eigenvalue weighted by Gasteiger charge is 1.97. The fourth-order valence-electron chi connectivity index (χ4n) is 1.38. The predicted octanol–water partition coefficient (Wildman–Crippen LogP) is 1.20. The second kappa shape index (κ2) is 9.82. The molecule has 0 spiro atoms. The molecule has 22 heavy (non-hydrogen) atoms. The maximum absolute atomic E-state index is 11.2. The van der Waals surface area contributed by atoms with Crippen LogP contribution >= 0.6 is 0 Å². The molecule has 0 radical (unpaired) electrons. The van der Waals surface area contributed by atoms with Gasteiger partial charge in [-0.05, 0) is 23.3 Å². The van der Waals surface area contributed by atoms with Gasteiger partial charge in [-0.25, -0.2) is 9.59 Å². The maximum atomic E-state index is 11.2. The molecule has 0 atom stereocenters. The lowest BCUT2D eigenvalue weighted by Gasteiger charge is -1.97. The number of benzene rings is 1. The van der Waals surface area contributed by atoms with Gasteiger partial charge in [0.05, 0.1) is 0 Å². The molecule has 0 saturated carbocycles. The zero-order valence-corrected chi connectivity index (χ0v) is 11.6. The lowest BCUT2D eigenvalue weighted by atomic mass is 10.1. The van der Waals surface area contributed by atoms with Crippen molar-refractivity contribution in [2.75, 3.05) is 13.2 Å². The van der Waals surface area contributed by atoms with Crippen molar-refractivity contribution in [3.63, 3.8) is 0 Å². The molecule has 0 N–H and O–H groups in total. The molecule has 0 fully saturated rings. The lowest BCUT2D eigenvalue weighted by Crippen LogP contribution is -2.02. The van der Waals surface area contributed by atoms with Crippen molar-refractivity contribution in [2.24, 2.45) is 0 Å². The van der Waals surface area contributed by atoms with Crippen LogP contribution in [0.4, 0.5) is 0 Å². The van der Waals surface area contributed by atoms with Gasteiger partial charge in [-0.2, -0.15) is 0 Å². The largest absolute Gasteiger partial charge is 0.455 e. The third-order valence-corrected chi connectivity index (χ3v) is 2.35. The third kappa shape index (κ3) is 6.95. The molecule has 0 amide bonds. The second-order valence-electron chi connectivity index (χ2n) is 3.93. The Bertz CT molecular complexity index is 530. The fourth-order valence-corrected chi connectivity index (χ4v) is 1.38. The first-order valence-corrected chi connectivity index (χ1v) is 6.32. The van der Waals surface area contributed by atoms with Gasteiger partial charge in [0.25, 0.3) is 0 Å². The van der Waals surface area contributed by atoms with Crippen LogP contribution in [0.25, 0.3) is 12.2 Å². The van der Waals surface area contributed by atoms with Crippen LogP contribution in [0.5, 0.6) is 0 Å². The first-order chi connectivity index (χ1) is 10.7. The number of esters is 2. The molecule has 0 aliphatic rings. The normalized spacial score (nSPS) is 10.5. The van der Waals surface area contributed by atoms with Gasteiger partial charge in [0, 0.05) is 12.2 Å². The van der Waals surface area contributed by atoms with Crippen LogP contribution in [0.2, 0.25) is 0 Å². The van der Waals surface area contributed by atoms with Gasteiger partial charge >= 0.3 is 11.9 Å². The van der Waals surface area contributed by atoms with E-state index in [1.165, 1.54) is 12.2 Å². The molecule has 0 aromatic heterocycles. The zero-order chi connectivity index (χ0) is 16.2. The van der Waals surface area contributed by atoms with E-state index in [4.69, 9.17) is 0 Å². The van der Waals surface area contributed by atoms with Crippen molar-refractivity contribution in [1.29, 1.82) is 0 Å². The summed E-state index contributed by atoms with van der Waals surface area (Å²) in [6, 6.07) is 6.94. The van der Waals surface area contributed by atoms with Gasteiger partial charge < -0.3 is 9.47 Å². The summed E-state index contributed by atoms with van der Waals surface area (Å²) >= 11 is 0. The van der Waals surface area contributed by atoms with Crippen molar-refractivity contribution in [3.05, 3.63) is 47.5 Å². The molecule has 0 heterocycles. The minimum Gasteiger partial charge on any atom is -0.455 e. The standard InChI is InChI=1S/C16H14O6/c17-9-11-21-15(19)7-5-13-1-2-14(4-3-13)6-8-16(20)22-12-10-18/h1-10H,11-12H2. The summed E-state index contributed by atoms with van der Waals surface area (Å²) in [6.45, 7) is -0.541. The van der Waals surface area contributed by atoms with Gasteiger partial charge in [0.15, 0.2) is 12.6 Å². The topological polar surface area (TPSA) is 86.7 Å². The van der Waals surface area contributed by atoms with Crippen molar-refractivity contribution in [2.45, 2.75) is 0 Å². The summed E-state index contributed by atoms with van der Waals surface area (Å²) in [6.07, 6.45) is 6.49.